The molecule has 0 heterocycles. The molecule has 0 saturated carbocycles. The molecule has 4 heteroatoms. The fourth-order valence-corrected chi connectivity index (χ4v) is 2.52. The zero-order chi connectivity index (χ0) is 13.8. The minimum atomic E-state index is 0.174. The number of benzene rings is 2. The van der Waals surface area contributed by atoms with E-state index < -0.39 is 0 Å². The van der Waals surface area contributed by atoms with Crippen LogP contribution in [0.4, 0.5) is 0 Å². The highest BCUT2D eigenvalue weighted by molar-refractivity contribution is 6.33. The largest absolute Gasteiger partial charge is 0.313 e. The summed E-state index contributed by atoms with van der Waals surface area (Å²) < 4.78 is 0. The fraction of sp³-hybridized carbons (Fsp3) is 0.200. The van der Waals surface area contributed by atoms with Gasteiger partial charge in [-0.15, -0.1) is 0 Å². The van der Waals surface area contributed by atoms with Gasteiger partial charge in [0.15, 0.2) is 0 Å². The van der Waals surface area contributed by atoms with E-state index in [-0.39, 0.29) is 6.04 Å². The van der Waals surface area contributed by atoms with Crippen molar-refractivity contribution in [1.29, 1.82) is 0 Å². The first-order chi connectivity index (χ1) is 9.10. The SMILES string of the molecule is CNC(Cc1cc(Cl)ccc1Cl)c1ccc(Cl)cc1. The molecule has 0 bridgehead atoms. The van der Waals surface area contributed by atoms with Crippen LogP contribution >= 0.6 is 34.8 Å². The predicted octanol–water partition coefficient (Wildman–Crippen LogP) is 5.15. The van der Waals surface area contributed by atoms with Crippen LogP contribution in [0.1, 0.15) is 17.2 Å². The summed E-state index contributed by atoms with van der Waals surface area (Å²) in [4.78, 5) is 0. The van der Waals surface area contributed by atoms with E-state index in [0.29, 0.717) is 5.02 Å². The molecule has 2 aromatic carbocycles. The molecule has 0 aliphatic rings. The maximum absolute atomic E-state index is 6.20. The average Bonchev–Trinajstić information content (AvgIpc) is 2.41. The van der Waals surface area contributed by atoms with Crippen LogP contribution in [0.3, 0.4) is 0 Å². The smallest absolute Gasteiger partial charge is 0.0439 e. The number of rotatable bonds is 4. The monoisotopic (exact) mass is 313 g/mol. The minimum Gasteiger partial charge on any atom is -0.313 e. The normalized spacial score (nSPS) is 12.4. The van der Waals surface area contributed by atoms with Crippen molar-refractivity contribution in [2.24, 2.45) is 0 Å². The summed E-state index contributed by atoms with van der Waals surface area (Å²) in [6.45, 7) is 0. The summed E-state index contributed by atoms with van der Waals surface area (Å²) in [5.74, 6) is 0. The fourth-order valence-electron chi connectivity index (χ4n) is 2.00. The van der Waals surface area contributed by atoms with Gasteiger partial charge in [0.2, 0.25) is 0 Å². The van der Waals surface area contributed by atoms with Gasteiger partial charge in [0.25, 0.3) is 0 Å². The molecule has 0 fully saturated rings. The number of halogens is 3. The van der Waals surface area contributed by atoms with E-state index >= 15 is 0 Å². The Balaban J connectivity index is 2.23. The molecule has 1 nitrogen and oxygen atoms in total. The second kappa shape index (κ2) is 6.62. The van der Waals surface area contributed by atoms with E-state index in [1.807, 2.05) is 43.4 Å². The molecule has 100 valence electrons. The quantitative estimate of drug-likeness (QED) is 0.823. The molecule has 19 heavy (non-hydrogen) atoms. The van der Waals surface area contributed by atoms with E-state index in [1.165, 1.54) is 5.56 Å². The Labute approximate surface area is 128 Å². The Morgan fingerprint density at radius 3 is 2.21 bits per heavy atom. The third kappa shape index (κ3) is 3.87. The van der Waals surface area contributed by atoms with Gasteiger partial charge in [-0.2, -0.15) is 0 Å². The summed E-state index contributed by atoms with van der Waals surface area (Å²) >= 11 is 18.1. The molecule has 1 N–H and O–H groups in total. The molecule has 0 saturated heterocycles. The Hall–Kier alpha value is -0.730. The third-order valence-corrected chi connectivity index (χ3v) is 3.91. The molecule has 0 aliphatic heterocycles. The highest BCUT2D eigenvalue weighted by Gasteiger charge is 2.12. The van der Waals surface area contributed by atoms with E-state index in [2.05, 4.69) is 5.32 Å². The lowest BCUT2D eigenvalue weighted by atomic mass is 9.99. The second-order valence-electron chi connectivity index (χ2n) is 4.33. The number of likely N-dealkylation sites (N-methyl/N-ethyl adjacent to an activating group) is 1. The van der Waals surface area contributed by atoms with Crippen LogP contribution in [0, 0.1) is 0 Å². The van der Waals surface area contributed by atoms with E-state index in [4.69, 9.17) is 34.8 Å². The summed E-state index contributed by atoms with van der Waals surface area (Å²) in [5.41, 5.74) is 2.20. The van der Waals surface area contributed by atoms with Crippen molar-refractivity contribution in [2.45, 2.75) is 12.5 Å². The second-order valence-corrected chi connectivity index (χ2v) is 5.61. The van der Waals surface area contributed by atoms with Crippen LogP contribution in [0.25, 0.3) is 0 Å². The van der Waals surface area contributed by atoms with Gasteiger partial charge >= 0.3 is 0 Å². The van der Waals surface area contributed by atoms with Gasteiger partial charge < -0.3 is 5.32 Å². The molecule has 2 aromatic rings. The molecule has 1 atom stereocenters. The van der Waals surface area contributed by atoms with Crippen LogP contribution in [-0.4, -0.2) is 7.05 Å². The molecule has 0 aliphatic carbocycles. The molecule has 0 spiro atoms. The van der Waals surface area contributed by atoms with Crippen molar-refractivity contribution in [1.82, 2.24) is 5.32 Å². The van der Waals surface area contributed by atoms with Crippen molar-refractivity contribution in [3.63, 3.8) is 0 Å². The zero-order valence-corrected chi connectivity index (χ0v) is 12.7. The molecule has 1 unspecified atom stereocenters. The first-order valence-corrected chi connectivity index (χ1v) is 7.10. The Morgan fingerprint density at radius 2 is 1.58 bits per heavy atom. The first-order valence-electron chi connectivity index (χ1n) is 5.97. The highest BCUT2D eigenvalue weighted by atomic mass is 35.5. The van der Waals surface area contributed by atoms with Gasteiger partial charge in [-0.1, -0.05) is 46.9 Å². The Kier molecular flexibility index (Phi) is 5.12. The summed E-state index contributed by atoms with van der Waals surface area (Å²) in [7, 11) is 1.93. The Bertz CT molecular complexity index is 552. The van der Waals surface area contributed by atoms with Gasteiger partial charge in [0, 0.05) is 21.1 Å². The van der Waals surface area contributed by atoms with E-state index in [9.17, 15) is 0 Å². The van der Waals surface area contributed by atoms with Crippen LogP contribution in [-0.2, 0) is 6.42 Å². The standard InChI is InChI=1S/C15H14Cl3N/c1-19-15(10-2-4-12(16)5-3-10)9-11-8-13(17)6-7-14(11)18/h2-8,15,19H,9H2,1H3. The summed E-state index contributed by atoms with van der Waals surface area (Å²) in [6, 6.07) is 13.5. The number of nitrogens with one attached hydrogen (secondary N) is 1. The molecule has 0 aromatic heterocycles. The lowest BCUT2D eigenvalue weighted by Crippen LogP contribution is -2.18. The molecule has 0 radical (unpaired) electrons. The van der Waals surface area contributed by atoms with Crippen LogP contribution in [0.15, 0.2) is 42.5 Å². The highest BCUT2D eigenvalue weighted by Crippen LogP contribution is 2.26. The van der Waals surface area contributed by atoms with Crippen molar-refractivity contribution in [2.75, 3.05) is 7.05 Å². The number of hydrogen-bond acceptors (Lipinski definition) is 1. The lowest BCUT2D eigenvalue weighted by molar-refractivity contribution is 0.592. The molecule has 2 rings (SSSR count). The molecule has 0 amide bonds. The van der Waals surface area contributed by atoms with E-state index in [0.717, 1.165) is 22.0 Å². The summed E-state index contributed by atoms with van der Waals surface area (Å²) in [5, 5.41) is 5.46. The number of hydrogen-bond donors (Lipinski definition) is 1. The van der Waals surface area contributed by atoms with Gasteiger partial charge in [-0.3, -0.25) is 0 Å². The zero-order valence-electron chi connectivity index (χ0n) is 10.5. The lowest BCUT2D eigenvalue weighted by Gasteiger charge is -2.18. The average molecular weight is 315 g/mol. The van der Waals surface area contributed by atoms with E-state index in [1.54, 1.807) is 6.07 Å². The van der Waals surface area contributed by atoms with Crippen LogP contribution in [0.5, 0.6) is 0 Å². The van der Waals surface area contributed by atoms with Gasteiger partial charge in [0.05, 0.1) is 0 Å². The Morgan fingerprint density at radius 1 is 0.947 bits per heavy atom. The van der Waals surface area contributed by atoms with Crippen molar-refractivity contribution < 1.29 is 0 Å². The maximum Gasteiger partial charge on any atom is 0.0439 e. The third-order valence-electron chi connectivity index (χ3n) is 3.05. The predicted molar refractivity (Wildman–Crippen MR) is 83.4 cm³/mol. The summed E-state index contributed by atoms with van der Waals surface area (Å²) in [6.07, 6.45) is 0.775. The van der Waals surface area contributed by atoms with Gasteiger partial charge in [-0.25, -0.2) is 0 Å². The minimum absolute atomic E-state index is 0.174. The van der Waals surface area contributed by atoms with Crippen molar-refractivity contribution in [3.05, 3.63) is 68.7 Å². The van der Waals surface area contributed by atoms with Crippen molar-refractivity contribution >= 4 is 34.8 Å². The first kappa shape index (κ1) is 14.7. The maximum atomic E-state index is 6.20. The van der Waals surface area contributed by atoms with Gasteiger partial charge in [-0.05, 0) is 54.9 Å². The van der Waals surface area contributed by atoms with Crippen LogP contribution < -0.4 is 5.32 Å². The topological polar surface area (TPSA) is 12.0 Å². The van der Waals surface area contributed by atoms with Crippen LogP contribution in [0.2, 0.25) is 15.1 Å². The van der Waals surface area contributed by atoms with Gasteiger partial charge in [0.1, 0.15) is 0 Å². The van der Waals surface area contributed by atoms with Crippen molar-refractivity contribution in [3.8, 4) is 0 Å². The molecular formula is C15H14Cl3N. The molecular weight excluding hydrogens is 301 g/mol.